The maximum atomic E-state index is 13.9. The van der Waals surface area contributed by atoms with Crippen molar-refractivity contribution in [2.24, 2.45) is 5.92 Å². The summed E-state index contributed by atoms with van der Waals surface area (Å²) in [5, 5.41) is 0. The molecule has 2 aromatic carbocycles. The summed E-state index contributed by atoms with van der Waals surface area (Å²) in [5.41, 5.74) is 2.37. The van der Waals surface area contributed by atoms with Crippen molar-refractivity contribution in [2.75, 3.05) is 27.1 Å². The average Bonchev–Trinajstić information content (AvgIpc) is 3.34. The summed E-state index contributed by atoms with van der Waals surface area (Å²) in [6.45, 7) is 15.6. The number of benzene rings is 2. The molecular weight excluding hydrogens is 628 g/mol. The molecule has 2 aliphatic heterocycles. The van der Waals surface area contributed by atoms with E-state index in [0.717, 1.165) is 11.6 Å². The van der Waals surface area contributed by atoms with Crippen LogP contribution in [0.4, 0.5) is 0 Å². The number of fused-ring (bicyclic) bond motifs is 2. The van der Waals surface area contributed by atoms with Gasteiger partial charge in [-0.2, -0.15) is 0 Å². The average molecular weight is 681 g/mol. The first kappa shape index (κ1) is 37.5. The first-order valence-electron chi connectivity index (χ1n) is 16.8. The molecule has 9 nitrogen and oxygen atoms in total. The lowest BCUT2D eigenvalue weighted by Crippen LogP contribution is -2.37. The molecule has 48 heavy (non-hydrogen) atoms. The lowest BCUT2D eigenvalue weighted by molar-refractivity contribution is -0.152. The number of rotatable bonds is 11. The summed E-state index contributed by atoms with van der Waals surface area (Å²) in [6, 6.07) is 13.7. The van der Waals surface area contributed by atoms with Crippen LogP contribution in [0.2, 0.25) is 25.7 Å². The van der Waals surface area contributed by atoms with Crippen molar-refractivity contribution < 1.29 is 42.7 Å². The van der Waals surface area contributed by atoms with Gasteiger partial charge in [0, 0.05) is 21.1 Å². The molecule has 0 radical (unpaired) electrons. The molecule has 262 valence electrons. The van der Waals surface area contributed by atoms with E-state index in [1.807, 2.05) is 70.2 Å². The Morgan fingerprint density at radius 2 is 1.77 bits per heavy atom. The third kappa shape index (κ3) is 10.9. The fourth-order valence-electron chi connectivity index (χ4n) is 5.57. The number of hydrogen-bond donors (Lipinski definition) is 0. The minimum Gasteiger partial charge on any atom is -0.494 e. The number of methoxy groups -OCH3 is 1. The Balaban J connectivity index is 1.72. The van der Waals surface area contributed by atoms with Crippen LogP contribution in [0.25, 0.3) is 6.08 Å². The molecule has 1 fully saturated rings. The SMILES string of the molecule is COCOCCc1cc(OCC[Si](C)(C)C)cc2c1C(=O)O[C@@H](C)[C@H](C)/C=C\C(OC(=O)c1ccccc1)C1OC(C)(C)O[C@H]1C/C=C/2. The highest BCUT2D eigenvalue weighted by Gasteiger charge is 2.45. The second kappa shape index (κ2) is 16.9. The Morgan fingerprint density at radius 1 is 1.02 bits per heavy atom. The van der Waals surface area contributed by atoms with E-state index in [1.54, 1.807) is 31.4 Å². The highest BCUT2D eigenvalue weighted by molar-refractivity contribution is 6.76. The lowest BCUT2D eigenvalue weighted by atomic mass is 9.95. The van der Waals surface area contributed by atoms with Gasteiger partial charge in [0.05, 0.1) is 30.4 Å². The van der Waals surface area contributed by atoms with Crippen molar-refractivity contribution in [3.8, 4) is 5.75 Å². The Hall–Kier alpha value is -3.28. The monoisotopic (exact) mass is 680 g/mol. The number of ether oxygens (including phenoxy) is 7. The number of carbonyl (C=O) groups excluding carboxylic acids is 2. The largest absolute Gasteiger partial charge is 0.494 e. The number of hydrogen-bond acceptors (Lipinski definition) is 9. The van der Waals surface area contributed by atoms with Gasteiger partial charge in [-0.05, 0) is 81.1 Å². The van der Waals surface area contributed by atoms with Gasteiger partial charge in [0.15, 0.2) is 5.79 Å². The predicted molar refractivity (Wildman–Crippen MR) is 188 cm³/mol. The van der Waals surface area contributed by atoms with Crippen LogP contribution < -0.4 is 4.74 Å². The van der Waals surface area contributed by atoms with E-state index in [2.05, 4.69) is 19.6 Å². The summed E-state index contributed by atoms with van der Waals surface area (Å²) >= 11 is 0. The van der Waals surface area contributed by atoms with Crippen molar-refractivity contribution in [3.63, 3.8) is 0 Å². The van der Waals surface area contributed by atoms with E-state index in [0.29, 0.717) is 48.5 Å². The maximum absolute atomic E-state index is 13.9. The second-order valence-corrected chi connectivity index (χ2v) is 19.8. The second-order valence-electron chi connectivity index (χ2n) is 14.1. The molecule has 0 aliphatic carbocycles. The Kier molecular flexibility index (Phi) is 13.2. The molecule has 0 bridgehead atoms. The number of esters is 2. The Morgan fingerprint density at radius 3 is 2.48 bits per heavy atom. The van der Waals surface area contributed by atoms with E-state index in [-0.39, 0.29) is 12.7 Å². The van der Waals surface area contributed by atoms with Crippen molar-refractivity contribution >= 4 is 26.1 Å². The van der Waals surface area contributed by atoms with Gasteiger partial charge in [0.2, 0.25) is 0 Å². The van der Waals surface area contributed by atoms with Crippen LogP contribution in [0.15, 0.2) is 60.7 Å². The molecule has 0 N–H and O–H groups in total. The highest BCUT2D eigenvalue weighted by Crippen LogP contribution is 2.35. The summed E-state index contributed by atoms with van der Waals surface area (Å²) in [7, 11) is 0.250. The van der Waals surface area contributed by atoms with Gasteiger partial charge in [0.1, 0.15) is 30.9 Å². The predicted octanol–water partition coefficient (Wildman–Crippen LogP) is 7.47. The minimum atomic E-state index is -1.32. The molecule has 2 aromatic rings. The summed E-state index contributed by atoms with van der Waals surface area (Å²) in [6.07, 6.45) is 6.26. The number of carbonyl (C=O) groups is 2. The molecule has 0 aromatic heterocycles. The lowest BCUT2D eigenvalue weighted by Gasteiger charge is -2.26. The van der Waals surface area contributed by atoms with Crippen LogP contribution in [0.1, 0.15) is 66.0 Å². The Labute approximate surface area is 286 Å². The fourth-order valence-corrected chi connectivity index (χ4v) is 6.28. The van der Waals surface area contributed by atoms with Gasteiger partial charge < -0.3 is 33.2 Å². The van der Waals surface area contributed by atoms with Gasteiger partial charge in [-0.25, -0.2) is 9.59 Å². The van der Waals surface area contributed by atoms with Crippen LogP contribution in [-0.2, 0) is 34.8 Å². The van der Waals surface area contributed by atoms with Crippen LogP contribution in [-0.4, -0.2) is 77.3 Å². The molecule has 5 atom stereocenters. The van der Waals surface area contributed by atoms with Gasteiger partial charge in [-0.1, -0.05) is 63.0 Å². The van der Waals surface area contributed by atoms with E-state index < -0.39 is 50.2 Å². The molecule has 2 heterocycles. The van der Waals surface area contributed by atoms with Crippen LogP contribution in [0.5, 0.6) is 5.75 Å². The van der Waals surface area contributed by atoms with Gasteiger partial charge in [0.25, 0.3) is 0 Å². The summed E-state index contributed by atoms with van der Waals surface area (Å²) < 4.78 is 41.8. The topological polar surface area (TPSA) is 98.8 Å². The molecule has 0 saturated carbocycles. The van der Waals surface area contributed by atoms with E-state index in [9.17, 15) is 9.59 Å². The zero-order chi connectivity index (χ0) is 34.9. The van der Waals surface area contributed by atoms with E-state index in [1.165, 1.54) is 0 Å². The molecule has 1 saturated heterocycles. The van der Waals surface area contributed by atoms with Crippen molar-refractivity contribution in [1.82, 2.24) is 0 Å². The van der Waals surface area contributed by atoms with Gasteiger partial charge in [-0.3, -0.25) is 0 Å². The van der Waals surface area contributed by atoms with E-state index in [4.69, 9.17) is 33.2 Å². The van der Waals surface area contributed by atoms with Crippen LogP contribution >= 0.6 is 0 Å². The zero-order valence-corrected chi connectivity index (χ0v) is 30.7. The quantitative estimate of drug-likeness (QED) is 0.0787. The van der Waals surface area contributed by atoms with Gasteiger partial charge in [-0.15, -0.1) is 0 Å². The minimum absolute atomic E-state index is 0.155. The van der Waals surface area contributed by atoms with Gasteiger partial charge >= 0.3 is 11.9 Å². The van der Waals surface area contributed by atoms with E-state index >= 15 is 0 Å². The summed E-state index contributed by atoms with van der Waals surface area (Å²) in [4.78, 5) is 27.1. The normalized spacial score (nSPS) is 25.6. The first-order chi connectivity index (χ1) is 22.8. The molecule has 2 unspecified atom stereocenters. The summed E-state index contributed by atoms with van der Waals surface area (Å²) in [5.74, 6) is -1.31. The van der Waals surface area contributed by atoms with Crippen LogP contribution in [0.3, 0.4) is 0 Å². The molecule has 10 heteroatoms. The Bertz CT molecular complexity index is 1430. The van der Waals surface area contributed by atoms with Crippen LogP contribution in [0, 0.1) is 5.92 Å². The third-order valence-electron chi connectivity index (χ3n) is 8.37. The third-order valence-corrected chi connectivity index (χ3v) is 10.1. The highest BCUT2D eigenvalue weighted by atomic mass is 28.3. The standard InChI is InChI=1S/C38H52O9Si/c1-26-17-18-32(45-36(39)28-13-10-9-11-14-28)35-33(46-38(3,4)47-35)16-12-15-29-23-31(43-21-22-48(6,7)8)24-30(19-20-42-25-41-5)34(29)37(40)44-27(26)2/h9-15,17-18,23-24,26-27,32-33,35H,16,19-22,25H2,1-8H3/b15-12+,18-17-/t26-,27+,32?,33+,35?/m1/s1. The van der Waals surface area contributed by atoms with Crippen molar-refractivity contribution in [2.45, 2.75) is 96.4 Å². The smallest absolute Gasteiger partial charge is 0.339 e. The maximum Gasteiger partial charge on any atom is 0.339 e. The molecule has 2 aliphatic rings. The molecule has 0 amide bonds. The number of cyclic esters (lactones) is 1. The molecule has 0 spiro atoms. The zero-order valence-electron chi connectivity index (χ0n) is 29.7. The van der Waals surface area contributed by atoms with Crippen molar-refractivity contribution in [3.05, 3.63) is 82.9 Å². The fraction of sp³-hybridized carbons (Fsp3) is 0.526. The molecular formula is C38H52O9Si. The van der Waals surface area contributed by atoms with Crippen molar-refractivity contribution in [1.29, 1.82) is 0 Å². The first-order valence-corrected chi connectivity index (χ1v) is 20.5. The molecule has 4 rings (SSSR count).